The van der Waals surface area contributed by atoms with E-state index in [1.165, 1.54) is 0 Å². The van der Waals surface area contributed by atoms with Crippen LogP contribution < -0.4 is 15.4 Å². The summed E-state index contributed by atoms with van der Waals surface area (Å²) in [6.07, 6.45) is 1.71. The summed E-state index contributed by atoms with van der Waals surface area (Å²) in [6, 6.07) is 22.0. The van der Waals surface area contributed by atoms with E-state index >= 15 is 0 Å². The minimum Gasteiger partial charge on any atom is -0.497 e. The molecule has 3 aromatic rings. The van der Waals surface area contributed by atoms with Crippen LogP contribution in [-0.2, 0) is 6.54 Å². The number of guanidine groups is 1. The number of benzene rings is 2. The standard InChI is InChI=1S/C21H20N4O2/c1-27-19-12-7-11-17(14-19)24-21(23-15-18-10-5-6-13-22-18)25-20(26)16-8-3-2-4-9-16/h2-14H,15H2,1H3,(H2,23,24,25,26). The number of ether oxygens (including phenoxy) is 1. The van der Waals surface area contributed by atoms with Crippen LogP contribution in [0.3, 0.4) is 0 Å². The summed E-state index contributed by atoms with van der Waals surface area (Å²) < 4.78 is 5.24. The molecule has 0 radical (unpaired) electrons. The Morgan fingerprint density at radius 3 is 2.59 bits per heavy atom. The first kappa shape index (κ1) is 18.1. The Kier molecular flexibility index (Phi) is 6.14. The Morgan fingerprint density at radius 1 is 1.04 bits per heavy atom. The Hall–Kier alpha value is -3.67. The first-order chi connectivity index (χ1) is 13.2. The normalized spacial score (nSPS) is 10.9. The molecule has 0 aliphatic heterocycles. The van der Waals surface area contributed by atoms with Crippen molar-refractivity contribution in [1.82, 2.24) is 10.3 Å². The minimum atomic E-state index is -0.245. The number of carbonyl (C=O) groups excluding carboxylic acids is 1. The molecule has 0 spiro atoms. The number of nitrogens with zero attached hydrogens (tertiary/aromatic N) is 2. The number of aliphatic imine (C=N–C) groups is 1. The average Bonchev–Trinajstić information content (AvgIpc) is 2.73. The number of aromatic nitrogens is 1. The minimum absolute atomic E-state index is 0.245. The van der Waals surface area contributed by atoms with Gasteiger partial charge in [0.25, 0.3) is 5.91 Å². The average molecular weight is 360 g/mol. The highest BCUT2D eigenvalue weighted by molar-refractivity contribution is 6.09. The number of carbonyl (C=O) groups is 1. The molecule has 1 aromatic heterocycles. The number of hydrogen-bond donors (Lipinski definition) is 2. The van der Waals surface area contributed by atoms with Crippen molar-refractivity contribution < 1.29 is 9.53 Å². The molecule has 0 aliphatic rings. The van der Waals surface area contributed by atoms with E-state index in [1.54, 1.807) is 25.4 Å². The molecule has 136 valence electrons. The highest BCUT2D eigenvalue weighted by Crippen LogP contribution is 2.16. The topological polar surface area (TPSA) is 75.6 Å². The van der Waals surface area contributed by atoms with Gasteiger partial charge in [0.05, 0.1) is 19.3 Å². The third kappa shape index (κ3) is 5.40. The van der Waals surface area contributed by atoms with Crippen LogP contribution in [0.15, 0.2) is 84.0 Å². The Morgan fingerprint density at radius 2 is 1.85 bits per heavy atom. The molecule has 0 aliphatic carbocycles. The third-order valence-corrected chi connectivity index (χ3v) is 3.73. The molecule has 1 amide bonds. The van der Waals surface area contributed by atoms with Crippen molar-refractivity contribution in [3.63, 3.8) is 0 Å². The second-order valence-corrected chi connectivity index (χ2v) is 5.66. The molecule has 1 heterocycles. The van der Waals surface area contributed by atoms with Crippen LogP contribution in [0.2, 0.25) is 0 Å². The smallest absolute Gasteiger partial charge is 0.257 e. The molecule has 0 saturated carbocycles. The van der Waals surface area contributed by atoms with E-state index in [-0.39, 0.29) is 5.91 Å². The van der Waals surface area contributed by atoms with E-state index < -0.39 is 0 Å². The molecule has 3 rings (SSSR count). The fraction of sp³-hybridized carbons (Fsp3) is 0.0952. The maximum absolute atomic E-state index is 12.5. The number of pyridine rings is 1. The van der Waals surface area contributed by atoms with Crippen LogP contribution in [-0.4, -0.2) is 24.0 Å². The van der Waals surface area contributed by atoms with Crippen molar-refractivity contribution in [2.24, 2.45) is 4.99 Å². The Bertz CT molecular complexity index is 912. The summed E-state index contributed by atoms with van der Waals surface area (Å²) in [5.74, 6) is 0.798. The lowest BCUT2D eigenvalue weighted by Crippen LogP contribution is -2.36. The van der Waals surface area contributed by atoms with Crippen molar-refractivity contribution >= 4 is 17.6 Å². The zero-order chi connectivity index (χ0) is 18.9. The van der Waals surface area contributed by atoms with Gasteiger partial charge in [-0.05, 0) is 36.4 Å². The molecule has 2 aromatic carbocycles. The Balaban J connectivity index is 1.80. The van der Waals surface area contributed by atoms with Crippen LogP contribution in [0.5, 0.6) is 5.75 Å². The molecule has 0 bridgehead atoms. The van der Waals surface area contributed by atoms with Gasteiger partial charge >= 0.3 is 0 Å². The third-order valence-electron chi connectivity index (χ3n) is 3.73. The zero-order valence-electron chi connectivity index (χ0n) is 14.9. The molecule has 0 saturated heterocycles. The van der Waals surface area contributed by atoms with Gasteiger partial charge in [0.2, 0.25) is 5.96 Å². The number of nitrogens with one attached hydrogen (secondary N) is 2. The highest BCUT2D eigenvalue weighted by atomic mass is 16.5. The summed E-state index contributed by atoms with van der Waals surface area (Å²) >= 11 is 0. The molecular weight excluding hydrogens is 340 g/mol. The summed E-state index contributed by atoms with van der Waals surface area (Å²) in [5.41, 5.74) is 2.11. The summed E-state index contributed by atoms with van der Waals surface area (Å²) in [6.45, 7) is 0.336. The number of anilines is 1. The van der Waals surface area contributed by atoms with Gasteiger partial charge in [-0.2, -0.15) is 0 Å². The van der Waals surface area contributed by atoms with E-state index in [9.17, 15) is 4.79 Å². The second-order valence-electron chi connectivity index (χ2n) is 5.66. The van der Waals surface area contributed by atoms with E-state index in [0.29, 0.717) is 23.8 Å². The van der Waals surface area contributed by atoms with Gasteiger partial charge < -0.3 is 10.1 Å². The van der Waals surface area contributed by atoms with Crippen molar-refractivity contribution in [3.8, 4) is 5.75 Å². The van der Waals surface area contributed by atoms with Crippen LogP contribution in [0.4, 0.5) is 5.69 Å². The quantitative estimate of drug-likeness (QED) is 0.539. The highest BCUT2D eigenvalue weighted by Gasteiger charge is 2.09. The second kappa shape index (κ2) is 9.15. The van der Waals surface area contributed by atoms with E-state index in [2.05, 4.69) is 20.6 Å². The first-order valence-electron chi connectivity index (χ1n) is 8.46. The van der Waals surface area contributed by atoms with Gasteiger partial charge in [0.15, 0.2) is 0 Å². The van der Waals surface area contributed by atoms with Crippen molar-refractivity contribution in [2.75, 3.05) is 12.4 Å². The van der Waals surface area contributed by atoms with Gasteiger partial charge in [0.1, 0.15) is 5.75 Å². The predicted molar refractivity (Wildman–Crippen MR) is 106 cm³/mol. The van der Waals surface area contributed by atoms with Gasteiger partial charge in [-0.3, -0.25) is 15.1 Å². The van der Waals surface area contributed by atoms with Gasteiger partial charge in [0, 0.05) is 23.5 Å². The van der Waals surface area contributed by atoms with Crippen LogP contribution in [0.25, 0.3) is 0 Å². The number of hydrogen-bond acceptors (Lipinski definition) is 4. The molecule has 6 nitrogen and oxygen atoms in total. The lowest BCUT2D eigenvalue weighted by Gasteiger charge is -2.12. The fourth-order valence-electron chi connectivity index (χ4n) is 2.37. The maximum Gasteiger partial charge on any atom is 0.257 e. The van der Waals surface area contributed by atoms with Crippen molar-refractivity contribution in [1.29, 1.82) is 0 Å². The lowest BCUT2D eigenvalue weighted by molar-refractivity contribution is 0.0977. The number of methoxy groups -OCH3 is 1. The van der Waals surface area contributed by atoms with Crippen LogP contribution in [0, 0.1) is 0 Å². The number of rotatable bonds is 5. The summed E-state index contributed by atoms with van der Waals surface area (Å²) in [5, 5.41) is 5.96. The maximum atomic E-state index is 12.5. The SMILES string of the molecule is COc1cccc(NC(=NCc2ccccn2)NC(=O)c2ccccc2)c1. The molecule has 0 atom stereocenters. The molecule has 27 heavy (non-hydrogen) atoms. The molecular formula is C21H20N4O2. The largest absolute Gasteiger partial charge is 0.497 e. The zero-order valence-corrected chi connectivity index (χ0v) is 14.9. The van der Waals surface area contributed by atoms with Gasteiger partial charge in [-0.15, -0.1) is 0 Å². The van der Waals surface area contributed by atoms with E-state index in [0.717, 1.165) is 11.4 Å². The van der Waals surface area contributed by atoms with E-state index in [1.807, 2.05) is 60.7 Å². The molecule has 0 unspecified atom stereocenters. The molecule has 6 heteroatoms. The predicted octanol–water partition coefficient (Wildman–Crippen LogP) is 3.49. The first-order valence-corrected chi connectivity index (χ1v) is 8.46. The molecule has 2 N–H and O–H groups in total. The summed E-state index contributed by atoms with van der Waals surface area (Å²) in [7, 11) is 1.60. The van der Waals surface area contributed by atoms with Gasteiger partial charge in [-0.1, -0.05) is 30.3 Å². The fourth-order valence-corrected chi connectivity index (χ4v) is 2.37. The Labute approximate surface area is 157 Å². The van der Waals surface area contributed by atoms with E-state index in [4.69, 9.17) is 4.74 Å². The lowest BCUT2D eigenvalue weighted by atomic mass is 10.2. The monoisotopic (exact) mass is 360 g/mol. The molecule has 0 fully saturated rings. The van der Waals surface area contributed by atoms with Crippen LogP contribution >= 0.6 is 0 Å². The number of amides is 1. The van der Waals surface area contributed by atoms with Crippen LogP contribution in [0.1, 0.15) is 16.1 Å². The van der Waals surface area contributed by atoms with Gasteiger partial charge in [-0.25, -0.2) is 4.99 Å². The van der Waals surface area contributed by atoms with Crippen molar-refractivity contribution in [3.05, 3.63) is 90.3 Å². The van der Waals surface area contributed by atoms with Crippen molar-refractivity contribution in [2.45, 2.75) is 6.54 Å². The summed E-state index contributed by atoms with van der Waals surface area (Å²) in [4.78, 5) is 21.2.